The quantitative estimate of drug-likeness (QED) is 0.852. The minimum Gasteiger partial charge on any atom is -0.306 e. The lowest BCUT2D eigenvalue weighted by Gasteiger charge is -2.14. The predicted molar refractivity (Wildman–Crippen MR) is 65.0 cm³/mol. The summed E-state index contributed by atoms with van der Waals surface area (Å²) < 4.78 is 13.5. The zero-order valence-corrected chi connectivity index (χ0v) is 10.00. The second-order valence-corrected chi connectivity index (χ2v) is 4.14. The summed E-state index contributed by atoms with van der Waals surface area (Å²) in [5, 5.41) is 10.1. The van der Waals surface area contributed by atoms with Crippen LogP contribution in [0.2, 0.25) is 0 Å². The van der Waals surface area contributed by atoms with E-state index in [1.165, 1.54) is 6.07 Å². The van der Waals surface area contributed by atoms with E-state index in [4.69, 9.17) is 0 Å². The van der Waals surface area contributed by atoms with Crippen LogP contribution in [-0.2, 0) is 6.54 Å². The molecule has 1 unspecified atom stereocenters. The van der Waals surface area contributed by atoms with Crippen molar-refractivity contribution in [1.82, 2.24) is 15.5 Å². The number of hydrogen-bond acceptors (Lipinski definition) is 2. The summed E-state index contributed by atoms with van der Waals surface area (Å²) in [7, 11) is 0. The van der Waals surface area contributed by atoms with Gasteiger partial charge in [-0.05, 0) is 19.9 Å². The fraction of sp³-hybridized carbons (Fsp3) is 0.308. The number of aromatic nitrogens is 2. The zero-order chi connectivity index (χ0) is 12.3. The monoisotopic (exact) mass is 233 g/mol. The molecule has 3 nitrogen and oxygen atoms in total. The summed E-state index contributed by atoms with van der Waals surface area (Å²) in [4.78, 5) is 0. The van der Waals surface area contributed by atoms with Gasteiger partial charge < -0.3 is 5.32 Å². The summed E-state index contributed by atoms with van der Waals surface area (Å²) in [6.07, 6.45) is 1.79. The van der Waals surface area contributed by atoms with Crippen LogP contribution in [0.3, 0.4) is 0 Å². The van der Waals surface area contributed by atoms with E-state index in [9.17, 15) is 4.39 Å². The fourth-order valence-corrected chi connectivity index (χ4v) is 1.75. The Bertz CT molecular complexity index is 493. The minimum atomic E-state index is -0.170. The van der Waals surface area contributed by atoms with Crippen molar-refractivity contribution in [3.63, 3.8) is 0 Å². The number of nitrogens with zero attached hydrogens (tertiary/aromatic N) is 1. The number of aromatic amines is 1. The highest BCUT2D eigenvalue weighted by atomic mass is 19.1. The lowest BCUT2D eigenvalue weighted by molar-refractivity contribution is 0.528. The number of hydrogen-bond donors (Lipinski definition) is 2. The Morgan fingerprint density at radius 2 is 2.18 bits per heavy atom. The molecule has 0 radical (unpaired) electrons. The molecule has 1 atom stereocenters. The maximum atomic E-state index is 13.5. The number of nitrogens with one attached hydrogen (secondary N) is 2. The summed E-state index contributed by atoms with van der Waals surface area (Å²) in [6, 6.07) is 6.81. The molecular formula is C13H16FN3. The Kier molecular flexibility index (Phi) is 3.54. The SMILES string of the molecule is Cc1[nH]ncc1CNC(C)c1ccccc1F. The Morgan fingerprint density at radius 3 is 2.82 bits per heavy atom. The maximum absolute atomic E-state index is 13.5. The number of benzene rings is 1. The first-order chi connectivity index (χ1) is 8.18. The number of H-pyrrole nitrogens is 1. The van der Waals surface area contributed by atoms with Crippen molar-refractivity contribution in [2.75, 3.05) is 0 Å². The van der Waals surface area contributed by atoms with E-state index in [1.54, 1.807) is 18.3 Å². The Morgan fingerprint density at radius 1 is 1.41 bits per heavy atom. The standard InChI is InChI=1S/C13H16FN3/c1-9-11(8-16-17-9)7-15-10(2)12-5-3-4-6-13(12)14/h3-6,8,10,15H,7H2,1-2H3,(H,16,17). The molecule has 17 heavy (non-hydrogen) atoms. The largest absolute Gasteiger partial charge is 0.306 e. The van der Waals surface area contributed by atoms with Crippen molar-refractivity contribution < 1.29 is 4.39 Å². The molecule has 0 saturated heterocycles. The third-order valence-electron chi connectivity index (χ3n) is 2.90. The molecule has 2 N–H and O–H groups in total. The Hall–Kier alpha value is -1.68. The van der Waals surface area contributed by atoms with E-state index < -0.39 is 0 Å². The van der Waals surface area contributed by atoms with Gasteiger partial charge in [0, 0.05) is 29.4 Å². The van der Waals surface area contributed by atoms with Crippen molar-refractivity contribution in [2.24, 2.45) is 0 Å². The van der Waals surface area contributed by atoms with Gasteiger partial charge in [0.15, 0.2) is 0 Å². The third kappa shape index (κ3) is 2.71. The molecule has 90 valence electrons. The van der Waals surface area contributed by atoms with Crippen molar-refractivity contribution in [2.45, 2.75) is 26.4 Å². The molecule has 0 spiro atoms. The van der Waals surface area contributed by atoms with E-state index in [2.05, 4.69) is 15.5 Å². The van der Waals surface area contributed by atoms with Gasteiger partial charge in [0.05, 0.1) is 6.20 Å². The molecule has 0 aliphatic carbocycles. The van der Waals surface area contributed by atoms with Gasteiger partial charge in [-0.15, -0.1) is 0 Å². The van der Waals surface area contributed by atoms with E-state index in [1.807, 2.05) is 19.9 Å². The van der Waals surface area contributed by atoms with Crippen LogP contribution in [-0.4, -0.2) is 10.2 Å². The summed E-state index contributed by atoms with van der Waals surface area (Å²) in [5.74, 6) is -0.170. The molecule has 4 heteroatoms. The summed E-state index contributed by atoms with van der Waals surface area (Å²) in [5.41, 5.74) is 2.83. The van der Waals surface area contributed by atoms with Gasteiger partial charge in [-0.25, -0.2) is 4.39 Å². The molecule has 0 bridgehead atoms. The van der Waals surface area contributed by atoms with Crippen LogP contribution < -0.4 is 5.32 Å². The average Bonchev–Trinajstić information content (AvgIpc) is 2.72. The molecule has 0 fully saturated rings. The van der Waals surface area contributed by atoms with Crippen LogP contribution >= 0.6 is 0 Å². The maximum Gasteiger partial charge on any atom is 0.127 e. The molecule has 1 heterocycles. The minimum absolute atomic E-state index is 0.0227. The Balaban J connectivity index is 2.01. The van der Waals surface area contributed by atoms with Crippen molar-refractivity contribution in [1.29, 1.82) is 0 Å². The van der Waals surface area contributed by atoms with Crippen LogP contribution in [0.25, 0.3) is 0 Å². The molecule has 0 aliphatic heterocycles. The lowest BCUT2D eigenvalue weighted by atomic mass is 10.1. The highest BCUT2D eigenvalue weighted by Gasteiger charge is 2.10. The van der Waals surface area contributed by atoms with E-state index in [-0.39, 0.29) is 11.9 Å². The van der Waals surface area contributed by atoms with E-state index in [0.29, 0.717) is 12.1 Å². The molecule has 2 rings (SSSR count). The molecular weight excluding hydrogens is 217 g/mol. The Labute approximate surface area is 100 Å². The third-order valence-corrected chi connectivity index (χ3v) is 2.90. The number of aryl methyl sites for hydroxylation is 1. The normalized spacial score (nSPS) is 12.6. The number of rotatable bonds is 4. The van der Waals surface area contributed by atoms with Crippen LogP contribution in [0.5, 0.6) is 0 Å². The highest BCUT2D eigenvalue weighted by Crippen LogP contribution is 2.16. The first-order valence-electron chi connectivity index (χ1n) is 5.65. The summed E-state index contributed by atoms with van der Waals surface area (Å²) in [6.45, 7) is 4.60. The highest BCUT2D eigenvalue weighted by molar-refractivity contribution is 5.21. The van der Waals surface area contributed by atoms with Gasteiger partial charge in [-0.3, -0.25) is 5.10 Å². The van der Waals surface area contributed by atoms with Crippen LogP contribution in [0.15, 0.2) is 30.5 Å². The first-order valence-corrected chi connectivity index (χ1v) is 5.65. The average molecular weight is 233 g/mol. The van der Waals surface area contributed by atoms with Gasteiger partial charge in [-0.2, -0.15) is 5.10 Å². The zero-order valence-electron chi connectivity index (χ0n) is 10.00. The molecule has 1 aromatic heterocycles. The first kappa shape index (κ1) is 11.8. The number of halogens is 1. The molecule has 0 saturated carbocycles. The molecule has 2 aromatic rings. The van der Waals surface area contributed by atoms with Gasteiger partial charge in [-0.1, -0.05) is 18.2 Å². The van der Waals surface area contributed by atoms with Gasteiger partial charge in [0.25, 0.3) is 0 Å². The fourth-order valence-electron chi connectivity index (χ4n) is 1.75. The van der Waals surface area contributed by atoms with Crippen molar-refractivity contribution in [3.8, 4) is 0 Å². The van der Waals surface area contributed by atoms with Gasteiger partial charge in [0.1, 0.15) is 5.82 Å². The molecule has 1 aromatic carbocycles. The second-order valence-electron chi connectivity index (χ2n) is 4.14. The topological polar surface area (TPSA) is 40.7 Å². The van der Waals surface area contributed by atoms with E-state index >= 15 is 0 Å². The molecule has 0 amide bonds. The van der Waals surface area contributed by atoms with Crippen LogP contribution in [0.4, 0.5) is 4.39 Å². The predicted octanol–water partition coefficient (Wildman–Crippen LogP) is 2.71. The summed E-state index contributed by atoms with van der Waals surface area (Å²) >= 11 is 0. The molecule has 0 aliphatic rings. The van der Waals surface area contributed by atoms with Crippen molar-refractivity contribution >= 4 is 0 Å². The van der Waals surface area contributed by atoms with Crippen LogP contribution in [0, 0.1) is 12.7 Å². The smallest absolute Gasteiger partial charge is 0.127 e. The lowest BCUT2D eigenvalue weighted by Crippen LogP contribution is -2.19. The second kappa shape index (κ2) is 5.10. The van der Waals surface area contributed by atoms with E-state index in [0.717, 1.165) is 11.3 Å². The van der Waals surface area contributed by atoms with Gasteiger partial charge >= 0.3 is 0 Å². The van der Waals surface area contributed by atoms with Crippen molar-refractivity contribution in [3.05, 3.63) is 53.1 Å². The van der Waals surface area contributed by atoms with Crippen LogP contribution in [0.1, 0.15) is 29.8 Å². The van der Waals surface area contributed by atoms with Gasteiger partial charge in [0.2, 0.25) is 0 Å².